The molecule has 0 bridgehead atoms. The van der Waals surface area contributed by atoms with Gasteiger partial charge >= 0.3 is 5.97 Å². The van der Waals surface area contributed by atoms with Crippen LogP contribution in [0.5, 0.6) is 0 Å². The highest BCUT2D eigenvalue weighted by molar-refractivity contribution is 5.72. The molecule has 0 aromatic carbocycles. The zero-order valence-corrected chi connectivity index (χ0v) is 5.74. The van der Waals surface area contributed by atoms with Gasteiger partial charge in [0.15, 0.2) is 12.4 Å². The Kier molecular flexibility index (Phi) is 2.24. The van der Waals surface area contributed by atoms with Crippen LogP contribution >= 0.6 is 0 Å². The minimum absolute atomic E-state index is 0.380. The summed E-state index contributed by atoms with van der Waals surface area (Å²) < 4.78 is 9.90. The van der Waals surface area contributed by atoms with Gasteiger partial charge in [0.05, 0.1) is 6.61 Å². The number of ether oxygens (including phenoxy) is 2. The van der Waals surface area contributed by atoms with Gasteiger partial charge in [-0.25, -0.2) is 4.79 Å². The van der Waals surface area contributed by atoms with Crippen LogP contribution in [0.4, 0.5) is 0 Å². The molecule has 0 aromatic heterocycles. The molecular weight excluding hydrogens is 136 g/mol. The molecule has 10 heavy (non-hydrogen) atoms. The maximum atomic E-state index is 10.3. The van der Waals surface area contributed by atoms with Crippen molar-refractivity contribution in [2.24, 2.45) is 0 Å². The Labute approximate surface area is 58.7 Å². The molecule has 0 radical (unpaired) electrons. The van der Waals surface area contributed by atoms with E-state index in [9.17, 15) is 4.79 Å². The van der Waals surface area contributed by atoms with E-state index >= 15 is 0 Å². The fraction of sp³-hybridized carbons (Fsp3) is 0.833. The van der Waals surface area contributed by atoms with Gasteiger partial charge in [0.2, 0.25) is 0 Å². The highest BCUT2D eigenvalue weighted by Crippen LogP contribution is 2.11. The second-order valence-electron chi connectivity index (χ2n) is 2.19. The largest absolute Gasteiger partial charge is 0.479 e. The molecule has 0 amide bonds. The molecule has 4 nitrogen and oxygen atoms in total. The first-order valence-corrected chi connectivity index (χ1v) is 3.20. The molecule has 0 aromatic rings. The average molecular weight is 146 g/mol. The number of carboxylic acids is 1. The minimum atomic E-state index is -0.907. The zero-order chi connectivity index (χ0) is 7.56. The SMILES string of the molecule is CC1OCCC(C(=O)O)O1. The fourth-order valence-electron chi connectivity index (χ4n) is 0.861. The van der Waals surface area contributed by atoms with E-state index in [0.29, 0.717) is 13.0 Å². The van der Waals surface area contributed by atoms with Crippen molar-refractivity contribution < 1.29 is 19.4 Å². The number of aliphatic carboxylic acids is 1. The number of hydrogen-bond acceptors (Lipinski definition) is 3. The van der Waals surface area contributed by atoms with Crippen LogP contribution in [-0.2, 0) is 14.3 Å². The summed E-state index contributed by atoms with van der Waals surface area (Å²) in [6.45, 7) is 2.16. The van der Waals surface area contributed by atoms with Crippen LogP contribution in [0.25, 0.3) is 0 Å². The van der Waals surface area contributed by atoms with E-state index in [-0.39, 0.29) is 6.29 Å². The smallest absolute Gasteiger partial charge is 0.333 e. The normalized spacial score (nSPS) is 33.7. The molecular formula is C6H10O4. The molecule has 1 aliphatic rings. The lowest BCUT2D eigenvalue weighted by Gasteiger charge is -2.24. The number of carbonyl (C=O) groups is 1. The van der Waals surface area contributed by atoms with E-state index in [1.165, 1.54) is 0 Å². The van der Waals surface area contributed by atoms with E-state index in [1.807, 2.05) is 0 Å². The maximum Gasteiger partial charge on any atom is 0.333 e. The maximum absolute atomic E-state index is 10.3. The van der Waals surface area contributed by atoms with E-state index < -0.39 is 12.1 Å². The lowest BCUT2D eigenvalue weighted by Crippen LogP contribution is -2.35. The third-order valence-corrected chi connectivity index (χ3v) is 1.36. The highest BCUT2D eigenvalue weighted by atomic mass is 16.7. The Balaban J connectivity index is 2.39. The first-order valence-electron chi connectivity index (χ1n) is 3.20. The Hall–Kier alpha value is -0.610. The lowest BCUT2D eigenvalue weighted by molar-refractivity contribution is -0.212. The van der Waals surface area contributed by atoms with Crippen molar-refractivity contribution in [1.29, 1.82) is 0 Å². The predicted octanol–water partition coefficient (Wildman–Crippen LogP) is 0.222. The summed E-state index contributed by atoms with van der Waals surface area (Å²) in [5, 5.41) is 8.48. The Morgan fingerprint density at radius 2 is 2.40 bits per heavy atom. The van der Waals surface area contributed by atoms with E-state index in [1.54, 1.807) is 6.92 Å². The molecule has 0 aliphatic carbocycles. The van der Waals surface area contributed by atoms with Gasteiger partial charge in [-0.2, -0.15) is 0 Å². The summed E-state index contributed by atoms with van der Waals surface area (Å²) in [5.74, 6) is -0.907. The quantitative estimate of drug-likeness (QED) is 0.575. The molecule has 4 heteroatoms. The number of hydrogen-bond donors (Lipinski definition) is 1. The van der Waals surface area contributed by atoms with Crippen molar-refractivity contribution in [1.82, 2.24) is 0 Å². The van der Waals surface area contributed by atoms with Crippen LogP contribution in [0.15, 0.2) is 0 Å². The van der Waals surface area contributed by atoms with Crippen LogP contribution < -0.4 is 0 Å². The standard InChI is InChI=1S/C6H10O4/c1-4-9-3-2-5(10-4)6(7)8/h4-5H,2-3H2,1H3,(H,7,8). The predicted molar refractivity (Wildman–Crippen MR) is 32.5 cm³/mol. The van der Waals surface area contributed by atoms with Crippen molar-refractivity contribution in [3.8, 4) is 0 Å². The van der Waals surface area contributed by atoms with Crippen LogP contribution in [0.1, 0.15) is 13.3 Å². The summed E-state index contributed by atoms with van der Waals surface area (Å²) >= 11 is 0. The van der Waals surface area contributed by atoms with Crippen LogP contribution in [0.2, 0.25) is 0 Å². The zero-order valence-electron chi connectivity index (χ0n) is 5.74. The topological polar surface area (TPSA) is 55.8 Å². The molecule has 1 aliphatic heterocycles. The summed E-state index contributed by atoms with van der Waals surface area (Å²) in [4.78, 5) is 10.3. The molecule has 2 unspecified atom stereocenters. The van der Waals surface area contributed by atoms with Crippen molar-refractivity contribution in [2.75, 3.05) is 6.61 Å². The third kappa shape index (κ3) is 1.68. The van der Waals surface area contributed by atoms with Gasteiger partial charge in [0.1, 0.15) is 0 Å². The molecule has 1 rings (SSSR count). The summed E-state index contributed by atoms with van der Waals surface area (Å²) in [6.07, 6.45) is -0.613. The molecule has 1 saturated heterocycles. The van der Waals surface area contributed by atoms with Crippen LogP contribution in [-0.4, -0.2) is 30.1 Å². The fourth-order valence-corrected chi connectivity index (χ4v) is 0.861. The van der Waals surface area contributed by atoms with E-state index in [0.717, 1.165) is 0 Å². The number of carboxylic acid groups (broad SMARTS) is 1. The monoisotopic (exact) mass is 146 g/mol. The van der Waals surface area contributed by atoms with Crippen molar-refractivity contribution in [3.05, 3.63) is 0 Å². The lowest BCUT2D eigenvalue weighted by atomic mass is 10.2. The van der Waals surface area contributed by atoms with Crippen molar-refractivity contribution in [3.63, 3.8) is 0 Å². The van der Waals surface area contributed by atoms with E-state index in [2.05, 4.69) is 0 Å². The van der Waals surface area contributed by atoms with Gasteiger partial charge in [-0.3, -0.25) is 0 Å². The second kappa shape index (κ2) is 2.98. The van der Waals surface area contributed by atoms with Crippen LogP contribution in [0.3, 0.4) is 0 Å². The van der Waals surface area contributed by atoms with E-state index in [4.69, 9.17) is 14.6 Å². The molecule has 1 fully saturated rings. The third-order valence-electron chi connectivity index (χ3n) is 1.36. The van der Waals surface area contributed by atoms with Gasteiger partial charge in [-0.05, 0) is 6.92 Å². The van der Waals surface area contributed by atoms with Gasteiger partial charge in [-0.1, -0.05) is 0 Å². The first-order chi connectivity index (χ1) is 4.70. The Bertz CT molecular complexity index is 134. The molecule has 1 heterocycles. The minimum Gasteiger partial charge on any atom is -0.479 e. The van der Waals surface area contributed by atoms with Crippen molar-refractivity contribution >= 4 is 5.97 Å². The van der Waals surface area contributed by atoms with Gasteiger partial charge in [0.25, 0.3) is 0 Å². The summed E-state index contributed by atoms with van der Waals surface area (Å²) in [5.41, 5.74) is 0. The van der Waals surface area contributed by atoms with Gasteiger partial charge in [-0.15, -0.1) is 0 Å². The molecule has 1 N–H and O–H groups in total. The first kappa shape index (κ1) is 7.50. The molecule has 2 atom stereocenters. The van der Waals surface area contributed by atoms with Gasteiger partial charge < -0.3 is 14.6 Å². The summed E-state index contributed by atoms with van der Waals surface area (Å²) in [7, 11) is 0. The molecule has 0 spiro atoms. The molecule has 0 saturated carbocycles. The highest BCUT2D eigenvalue weighted by Gasteiger charge is 2.25. The molecule has 58 valence electrons. The number of rotatable bonds is 1. The van der Waals surface area contributed by atoms with Gasteiger partial charge in [0, 0.05) is 6.42 Å². The second-order valence-corrected chi connectivity index (χ2v) is 2.19. The Morgan fingerprint density at radius 3 is 2.80 bits per heavy atom. The van der Waals surface area contributed by atoms with Crippen LogP contribution in [0, 0.1) is 0 Å². The average Bonchev–Trinajstić information content (AvgIpc) is 1.88. The summed E-state index contributed by atoms with van der Waals surface area (Å²) in [6, 6.07) is 0. The van der Waals surface area contributed by atoms with Crippen molar-refractivity contribution in [2.45, 2.75) is 25.7 Å². The Morgan fingerprint density at radius 1 is 1.70 bits per heavy atom.